The average Bonchev–Trinajstić information content (AvgIpc) is 3.18. The molecule has 1 heterocycles. The van der Waals surface area contributed by atoms with Crippen molar-refractivity contribution in [3.05, 3.63) is 28.3 Å². The van der Waals surface area contributed by atoms with Gasteiger partial charge >= 0.3 is 0 Å². The second-order valence-electron chi connectivity index (χ2n) is 6.82. The summed E-state index contributed by atoms with van der Waals surface area (Å²) >= 11 is 6.24. The summed E-state index contributed by atoms with van der Waals surface area (Å²) < 4.78 is 5.50. The van der Waals surface area contributed by atoms with Gasteiger partial charge in [-0.3, -0.25) is 9.59 Å². The monoisotopic (exact) mass is 350 g/mol. The van der Waals surface area contributed by atoms with Crippen molar-refractivity contribution >= 4 is 29.1 Å². The third kappa shape index (κ3) is 3.42. The van der Waals surface area contributed by atoms with Crippen LogP contribution in [0.3, 0.4) is 0 Å². The van der Waals surface area contributed by atoms with E-state index in [4.69, 9.17) is 16.3 Å². The van der Waals surface area contributed by atoms with E-state index in [-0.39, 0.29) is 17.9 Å². The third-order valence-corrected chi connectivity index (χ3v) is 5.10. The zero-order chi connectivity index (χ0) is 17.3. The van der Waals surface area contributed by atoms with Gasteiger partial charge in [-0.2, -0.15) is 0 Å². The van der Waals surface area contributed by atoms with Crippen LogP contribution in [0.2, 0.25) is 5.02 Å². The fraction of sp³-hybridized carbons (Fsp3) is 0.556. The Bertz CT molecular complexity index is 641. The summed E-state index contributed by atoms with van der Waals surface area (Å²) in [7, 11) is 0. The SMILES string of the molecule is Cc1cc(C)c(NC(=O)C2(C(=O)NCC3CCCO3)CC2)c(Cl)c1. The maximum absolute atomic E-state index is 12.7. The summed E-state index contributed by atoms with van der Waals surface area (Å²) in [4.78, 5) is 25.1. The quantitative estimate of drug-likeness (QED) is 0.802. The standard InChI is InChI=1S/C18H23ClN2O3/c1-11-8-12(2)15(14(19)9-11)21-17(23)18(5-6-18)16(22)20-10-13-4-3-7-24-13/h8-9,13H,3-7,10H2,1-2H3,(H,20,22)(H,21,23). The van der Waals surface area contributed by atoms with Crippen molar-refractivity contribution in [2.75, 3.05) is 18.5 Å². The Balaban J connectivity index is 1.64. The molecule has 1 saturated carbocycles. The van der Waals surface area contributed by atoms with E-state index < -0.39 is 5.41 Å². The van der Waals surface area contributed by atoms with Gasteiger partial charge < -0.3 is 15.4 Å². The lowest BCUT2D eigenvalue weighted by Crippen LogP contribution is -2.42. The van der Waals surface area contributed by atoms with Gasteiger partial charge in [-0.1, -0.05) is 17.7 Å². The predicted molar refractivity (Wildman–Crippen MR) is 93.2 cm³/mol. The first-order valence-electron chi connectivity index (χ1n) is 8.40. The van der Waals surface area contributed by atoms with Gasteiger partial charge in [-0.05, 0) is 56.7 Å². The first kappa shape index (κ1) is 17.2. The van der Waals surface area contributed by atoms with Crippen molar-refractivity contribution in [3.8, 4) is 0 Å². The molecule has 24 heavy (non-hydrogen) atoms. The number of carbonyl (C=O) groups excluding carboxylic acids is 2. The van der Waals surface area contributed by atoms with Crippen molar-refractivity contribution < 1.29 is 14.3 Å². The van der Waals surface area contributed by atoms with E-state index in [1.807, 2.05) is 19.9 Å². The molecule has 0 radical (unpaired) electrons. The molecular formula is C18H23ClN2O3. The Labute approximate surface area is 147 Å². The van der Waals surface area contributed by atoms with Crippen molar-refractivity contribution in [1.29, 1.82) is 0 Å². The summed E-state index contributed by atoms with van der Waals surface area (Å²) in [5.74, 6) is -0.488. The van der Waals surface area contributed by atoms with Crippen LogP contribution in [-0.2, 0) is 14.3 Å². The molecule has 2 aliphatic rings. The van der Waals surface area contributed by atoms with Crippen LogP contribution in [0, 0.1) is 19.3 Å². The van der Waals surface area contributed by atoms with E-state index in [2.05, 4.69) is 10.6 Å². The third-order valence-electron chi connectivity index (χ3n) is 4.80. The lowest BCUT2D eigenvalue weighted by atomic mass is 10.0. The molecular weight excluding hydrogens is 328 g/mol. The number of halogens is 1. The summed E-state index contributed by atoms with van der Waals surface area (Å²) in [6.45, 7) is 5.06. The van der Waals surface area contributed by atoms with E-state index in [1.165, 1.54) is 0 Å². The van der Waals surface area contributed by atoms with Gasteiger partial charge in [0, 0.05) is 13.2 Å². The van der Waals surface area contributed by atoms with Crippen molar-refractivity contribution in [2.24, 2.45) is 5.41 Å². The minimum absolute atomic E-state index is 0.0709. The van der Waals surface area contributed by atoms with E-state index in [1.54, 1.807) is 6.07 Å². The average molecular weight is 351 g/mol. The number of hydrogen-bond acceptors (Lipinski definition) is 3. The number of hydrogen-bond donors (Lipinski definition) is 2. The number of nitrogens with one attached hydrogen (secondary N) is 2. The number of carbonyl (C=O) groups is 2. The molecule has 0 spiro atoms. The highest BCUT2D eigenvalue weighted by atomic mass is 35.5. The van der Waals surface area contributed by atoms with Gasteiger partial charge in [-0.15, -0.1) is 0 Å². The van der Waals surface area contributed by atoms with Gasteiger partial charge in [0.15, 0.2) is 0 Å². The highest BCUT2D eigenvalue weighted by molar-refractivity contribution is 6.34. The molecule has 1 aromatic rings. The zero-order valence-corrected chi connectivity index (χ0v) is 14.8. The van der Waals surface area contributed by atoms with E-state index >= 15 is 0 Å². The minimum Gasteiger partial charge on any atom is -0.376 e. The summed E-state index contributed by atoms with van der Waals surface area (Å²) in [6, 6.07) is 3.76. The number of amides is 2. The van der Waals surface area contributed by atoms with Crippen LogP contribution in [0.15, 0.2) is 12.1 Å². The molecule has 6 heteroatoms. The van der Waals surface area contributed by atoms with Gasteiger partial charge in [0.2, 0.25) is 11.8 Å². The molecule has 1 aliphatic heterocycles. The summed E-state index contributed by atoms with van der Waals surface area (Å²) in [5.41, 5.74) is 1.56. The Hall–Kier alpha value is -1.59. The minimum atomic E-state index is -0.959. The normalized spacial score (nSPS) is 21.4. The fourth-order valence-electron chi connectivity index (χ4n) is 3.17. The summed E-state index contributed by atoms with van der Waals surface area (Å²) in [5, 5.41) is 6.23. The molecule has 0 bridgehead atoms. The van der Waals surface area contributed by atoms with Gasteiger partial charge in [-0.25, -0.2) is 0 Å². The molecule has 130 valence electrons. The van der Waals surface area contributed by atoms with Crippen LogP contribution in [0.1, 0.15) is 36.8 Å². The number of aryl methyl sites for hydroxylation is 2. The van der Waals surface area contributed by atoms with Gasteiger partial charge in [0.05, 0.1) is 16.8 Å². The largest absolute Gasteiger partial charge is 0.376 e. The van der Waals surface area contributed by atoms with Crippen LogP contribution in [-0.4, -0.2) is 31.1 Å². The first-order chi connectivity index (χ1) is 11.4. The zero-order valence-electron chi connectivity index (χ0n) is 14.1. The Morgan fingerprint density at radius 3 is 2.62 bits per heavy atom. The van der Waals surface area contributed by atoms with E-state index in [9.17, 15) is 9.59 Å². The fourth-order valence-corrected chi connectivity index (χ4v) is 3.54. The van der Waals surface area contributed by atoms with E-state index in [0.717, 1.165) is 30.6 Å². The molecule has 1 aliphatic carbocycles. The molecule has 1 aromatic carbocycles. The lowest BCUT2D eigenvalue weighted by molar-refractivity contribution is -0.134. The van der Waals surface area contributed by atoms with Crippen LogP contribution < -0.4 is 10.6 Å². The van der Waals surface area contributed by atoms with Crippen LogP contribution in [0.4, 0.5) is 5.69 Å². The molecule has 3 rings (SSSR count). The van der Waals surface area contributed by atoms with Crippen LogP contribution in [0.5, 0.6) is 0 Å². The first-order valence-corrected chi connectivity index (χ1v) is 8.78. The molecule has 0 aromatic heterocycles. The summed E-state index contributed by atoms with van der Waals surface area (Å²) in [6.07, 6.45) is 3.19. The van der Waals surface area contributed by atoms with Crippen LogP contribution >= 0.6 is 11.6 Å². The highest BCUT2D eigenvalue weighted by Gasteiger charge is 2.56. The second-order valence-corrected chi connectivity index (χ2v) is 7.23. The number of anilines is 1. The smallest absolute Gasteiger partial charge is 0.240 e. The second kappa shape index (κ2) is 6.73. The molecule has 1 saturated heterocycles. The number of benzene rings is 1. The maximum atomic E-state index is 12.7. The van der Waals surface area contributed by atoms with Crippen molar-refractivity contribution in [2.45, 2.75) is 45.6 Å². The lowest BCUT2D eigenvalue weighted by Gasteiger charge is -2.18. The number of rotatable bonds is 5. The van der Waals surface area contributed by atoms with Crippen molar-refractivity contribution in [1.82, 2.24) is 5.32 Å². The van der Waals surface area contributed by atoms with Crippen LogP contribution in [0.25, 0.3) is 0 Å². The molecule has 1 atom stereocenters. The Morgan fingerprint density at radius 2 is 2.04 bits per heavy atom. The molecule has 5 nitrogen and oxygen atoms in total. The van der Waals surface area contributed by atoms with E-state index in [0.29, 0.717) is 30.1 Å². The maximum Gasteiger partial charge on any atom is 0.240 e. The van der Waals surface area contributed by atoms with Gasteiger partial charge in [0.25, 0.3) is 0 Å². The molecule has 2 fully saturated rings. The topological polar surface area (TPSA) is 67.4 Å². The Morgan fingerprint density at radius 1 is 1.29 bits per heavy atom. The molecule has 1 unspecified atom stereocenters. The van der Waals surface area contributed by atoms with Gasteiger partial charge in [0.1, 0.15) is 5.41 Å². The van der Waals surface area contributed by atoms with Crippen molar-refractivity contribution in [3.63, 3.8) is 0 Å². The molecule has 2 N–H and O–H groups in total. The Kier molecular flexibility index (Phi) is 4.83. The number of ether oxygens (including phenoxy) is 1. The highest BCUT2D eigenvalue weighted by Crippen LogP contribution is 2.47. The molecule has 2 amide bonds. The predicted octanol–water partition coefficient (Wildman–Crippen LogP) is 2.97.